The minimum absolute atomic E-state index is 0.0776. The summed E-state index contributed by atoms with van der Waals surface area (Å²) in [6, 6.07) is 21.6. The van der Waals surface area contributed by atoms with Gasteiger partial charge in [0, 0.05) is 29.7 Å². The molecule has 1 N–H and O–H groups in total. The SMILES string of the molecule is O=C(O)C1CC(N2Cc3cc4c(cc3C2=O)OC(c2ccccc2)(c2ccccc2)O4)C(=O)O1. The zero-order valence-corrected chi connectivity index (χ0v) is 17.8. The molecule has 0 saturated carbocycles. The number of carboxylic acids is 1. The molecule has 0 aliphatic carbocycles. The topological polar surface area (TPSA) is 102 Å². The maximum absolute atomic E-state index is 13.2. The fourth-order valence-electron chi connectivity index (χ4n) is 4.77. The van der Waals surface area contributed by atoms with Crippen molar-refractivity contribution in [1.29, 1.82) is 0 Å². The van der Waals surface area contributed by atoms with Gasteiger partial charge in [0.05, 0.1) is 0 Å². The monoisotopic (exact) mass is 457 g/mol. The van der Waals surface area contributed by atoms with Gasteiger partial charge in [0.15, 0.2) is 11.5 Å². The normalized spacial score (nSPS) is 21.9. The Hall–Kier alpha value is -4.33. The fourth-order valence-corrected chi connectivity index (χ4v) is 4.77. The Morgan fingerprint density at radius 2 is 1.50 bits per heavy atom. The lowest BCUT2D eigenvalue weighted by Crippen LogP contribution is -2.38. The molecule has 3 aromatic rings. The zero-order valence-electron chi connectivity index (χ0n) is 17.8. The number of hydrogen-bond donors (Lipinski definition) is 1. The van der Waals surface area contributed by atoms with Gasteiger partial charge in [-0.2, -0.15) is 0 Å². The van der Waals surface area contributed by atoms with Crippen molar-refractivity contribution in [3.05, 3.63) is 95.1 Å². The number of ether oxygens (including phenoxy) is 3. The van der Waals surface area contributed by atoms with E-state index in [1.54, 1.807) is 12.1 Å². The highest BCUT2D eigenvalue weighted by molar-refractivity contribution is 6.02. The first-order valence-corrected chi connectivity index (χ1v) is 10.9. The first kappa shape index (κ1) is 20.3. The van der Waals surface area contributed by atoms with Crippen molar-refractivity contribution < 1.29 is 33.7 Å². The van der Waals surface area contributed by atoms with E-state index in [9.17, 15) is 14.4 Å². The standard InChI is InChI=1S/C26H19NO7/c28-23-18-12-21-20(11-15(18)14-27(23)19-13-22(24(29)30)32-25(19)31)33-26(34-21,16-7-3-1-4-8-16)17-9-5-2-6-10-17/h1-12,19,22H,13-14H2,(H,29,30). The highest BCUT2D eigenvalue weighted by atomic mass is 16.7. The van der Waals surface area contributed by atoms with Crippen LogP contribution in [0.5, 0.6) is 11.5 Å². The van der Waals surface area contributed by atoms with Gasteiger partial charge in [-0.25, -0.2) is 9.59 Å². The van der Waals surface area contributed by atoms with E-state index in [0.29, 0.717) is 22.6 Å². The molecule has 34 heavy (non-hydrogen) atoms. The minimum atomic E-state index is -1.25. The van der Waals surface area contributed by atoms with Crippen molar-refractivity contribution in [3.8, 4) is 11.5 Å². The maximum Gasteiger partial charge on any atom is 0.345 e. The fraction of sp³-hybridized carbons (Fsp3) is 0.192. The van der Waals surface area contributed by atoms with Crippen LogP contribution in [0, 0.1) is 0 Å². The molecule has 0 aromatic heterocycles. The largest absolute Gasteiger partial charge is 0.479 e. The molecule has 3 aliphatic rings. The second kappa shape index (κ2) is 7.34. The van der Waals surface area contributed by atoms with E-state index in [1.807, 2.05) is 60.7 Å². The smallest absolute Gasteiger partial charge is 0.345 e. The number of aliphatic carboxylic acids is 1. The van der Waals surface area contributed by atoms with Gasteiger partial charge in [-0.05, 0) is 17.7 Å². The Balaban J connectivity index is 1.34. The summed E-state index contributed by atoms with van der Waals surface area (Å²) in [6.07, 6.45) is -1.32. The Bertz CT molecular complexity index is 1280. The number of cyclic esters (lactones) is 1. The molecular formula is C26H19NO7. The lowest BCUT2D eigenvalue weighted by atomic mass is 9.97. The van der Waals surface area contributed by atoms with Crippen LogP contribution in [0.25, 0.3) is 0 Å². The van der Waals surface area contributed by atoms with Crippen LogP contribution in [0.15, 0.2) is 72.8 Å². The highest BCUT2D eigenvalue weighted by Crippen LogP contribution is 2.49. The van der Waals surface area contributed by atoms with Crippen LogP contribution in [-0.2, 0) is 26.7 Å². The van der Waals surface area contributed by atoms with E-state index in [0.717, 1.165) is 11.1 Å². The third kappa shape index (κ3) is 2.95. The zero-order chi connectivity index (χ0) is 23.4. The third-order valence-corrected chi connectivity index (χ3v) is 6.44. The average molecular weight is 457 g/mol. The molecular weight excluding hydrogens is 438 g/mol. The second-order valence-electron chi connectivity index (χ2n) is 8.46. The molecule has 0 radical (unpaired) electrons. The lowest BCUT2D eigenvalue weighted by Gasteiger charge is -2.28. The summed E-state index contributed by atoms with van der Waals surface area (Å²) >= 11 is 0. The van der Waals surface area contributed by atoms with Crippen LogP contribution in [0.1, 0.15) is 33.5 Å². The number of fused-ring (bicyclic) bond motifs is 2. The minimum Gasteiger partial charge on any atom is -0.479 e. The van der Waals surface area contributed by atoms with Gasteiger partial charge in [0.25, 0.3) is 5.91 Å². The van der Waals surface area contributed by atoms with Gasteiger partial charge in [0.1, 0.15) is 6.04 Å². The number of benzene rings is 3. The molecule has 8 nitrogen and oxygen atoms in total. The van der Waals surface area contributed by atoms with Gasteiger partial charge < -0.3 is 24.2 Å². The Morgan fingerprint density at radius 3 is 2.06 bits per heavy atom. The Labute approximate surface area is 194 Å². The van der Waals surface area contributed by atoms with Crippen molar-refractivity contribution in [3.63, 3.8) is 0 Å². The molecule has 3 aliphatic heterocycles. The van der Waals surface area contributed by atoms with Gasteiger partial charge >= 0.3 is 17.7 Å². The first-order chi connectivity index (χ1) is 16.5. The number of carbonyl (C=O) groups excluding carboxylic acids is 2. The van der Waals surface area contributed by atoms with Crippen molar-refractivity contribution in [2.75, 3.05) is 0 Å². The molecule has 0 bridgehead atoms. The van der Waals surface area contributed by atoms with Crippen LogP contribution < -0.4 is 9.47 Å². The van der Waals surface area contributed by atoms with Crippen molar-refractivity contribution in [1.82, 2.24) is 4.90 Å². The summed E-state index contributed by atoms with van der Waals surface area (Å²) in [5, 5.41) is 9.17. The van der Waals surface area contributed by atoms with E-state index in [4.69, 9.17) is 19.3 Å². The summed E-state index contributed by atoms with van der Waals surface area (Å²) in [5.74, 6) is -2.60. The molecule has 3 heterocycles. The number of nitrogens with zero attached hydrogens (tertiary/aromatic N) is 1. The highest BCUT2D eigenvalue weighted by Gasteiger charge is 2.49. The number of hydrogen-bond acceptors (Lipinski definition) is 6. The molecule has 6 rings (SSSR count). The van der Waals surface area contributed by atoms with E-state index in [-0.39, 0.29) is 18.9 Å². The molecule has 1 saturated heterocycles. The molecule has 0 spiro atoms. The average Bonchev–Trinajstić information content (AvgIpc) is 3.52. The first-order valence-electron chi connectivity index (χ1n) is 10.9. The van der Waals surface area contributed by atoms with Crippen molar-refractivity contribution >= 4 is 17.8 Å². The lowest BCUT2D eigenvalue weighted by molar-refractivity contribution is -0.157. The van der Waals surface area contributed by atoms with Crippen LogP contribution in [0.3, 0.4) is 0 Å². The predicted octanol–water partition coefficient (Wildman–Crippen LogP) is 3.08. The van der Waals surface area contributed by atoms with Crippen molar-refractivity contribution in [2.45, 2.75) is 30.9 Å². The van der Waals surface area contributed by atoms with Gasteiger partial charge in [0.2, 0.25) is 6.10 Å². The molecule has 170 valence electrons. The third-order valence-electron chi connectivity index (χ3n) is 6.44. The summed E-state index contributed by atoms with van der Waals surface area (Å²) in [6.45, 7) is 0.153. The summed E-state index contributed by atoms with van der Waals surface area (Å²) in [7, 11) is 0. The number of rotatable bonds is 4. The van der Waals surface area contributed by atoms with E-state index in [2.05, 4.69) is 0 Å². The van der Waals surface area contributed by atoms with E-state index in [1.165, 1.54) is 4.90 Å². The second-order valence-corrected chi connectivity index (χ2v) is 8.46. The predicted molar refractivity (Wildman–Crippen MR) is 117 cm³/mol. The number of amides is 1. The van der Waals surface area contributed by atoms with Crippen molar-refractivity contribution in [2.24, 2.45) is 0 Å². The molecule has 1 amide bonds. The van der Waals surface area contributed by atoms with Crippen LogP contribution in [-0.4, -0.2) is 40.0 Å². The van der Waals surface area contributed by atoms with Gasteiger partial charge in [-0.15, -0.1) is 0 Å². The molecule has 3 aromatic carbocycles. The Kier molecular flexibility index (Phi) is 4.38. The van der Waals surface area contributed by atoms with Crippen LogP contribution in [0.4, 0.5) is 0 Å². The van der Waals surface area contributed by atoms with Crippen LogP contribution >= 0.6 is 0 Å². The summed E-state index contributed by atoms with van der Waals surface area (Å²) < 4.78 is 17.8. The quantitative estimate of drug-likeness (QED) is 0.601. The number of carboxylic acid groups (broad SMARTS) is 1. The van der Waals surface area contributed by atoms with Gasteiger partial charge in [-0.1, -0.05) is 60.7 Å². The number of esters is 1. The molecule has 2 unspecified atom stereocenters. The molecule has 2 atom stereocenters. The van der Waals surface area contributed by atoms with E-state index >= 15 is 0 Å². The Morgan fingerprint density at radius 1 is 0.912 bits per heavy atom. The summed E-state index contributed by atoms with van der Waals surface area (Å²) in [4.78, 5) is 38.0. The molecule has 8 heteroatoms. The molecule has 1 fully saturated rings. The number of carbonyl (C=O) groups is 3. The summed E-state index contributed by atoms with van der Waals surface area (Å²) in [5.41, 5.74) is 2.68. The van der Waals surface area contributed by atoms with E-state index < -0.39 is 29.9 Å². The maximum atomic E-state index is 13.2. The van der Waals surface area contributed by atoms with Crippen LogP contribution in [0.2, 0.25) is 0 Å². The van der Waals surface area contributed by atoms with Gasteiger partial charge in [-0.3, -0.25) is 4.79 Å².